The maximum absolute atomic E-state index is 11.2. The van der Waals surface area contributed by atoms with Gasteiger partial charge in [-0.15, -0.1) is 0 Å². The molecule has 0 bridgehead atoms. The van der Waals surface area contributed by atoms with Crippen LogP contribution in [0.25, 0.3) is 0 Å². The number of esters is 1. The lowest BCUT2D eigenvalue weighted by molar-refractivity contribution is -0.148. The summed E-state index contributed by atoms with van der Waals surface area (Å²) >= 11 is 0. The molecule has 1 aliphatic rings. The standard InChI is InChI=1S/C8H11NO3/c1-2-12-7(11)8(5-9)3-6(8)4-10/h6,10H,2-4H2,1H3. The summed E-state index contributed by atoms with van der Waals surface area (Å²) in [6, 6.07) is 1.90. The Morgan fingerprint density at radius 2 is 2.58 bits per heavy atom. The molecule has 2 atom stereocenters. The fourth-order valence-corrected chi connectivity index (χ4v) is 1.24. The number of aliphatic hydroxyl groups excluding tert-OH is 1. The van der Waals surface area contributed by atoms with Crippen LogP contribution in [0.2, 0.25) is 0 Å². The first-order chi connectivity index (χ1) is 5.71. The molecule has 0 saturated heterocycles. The lowest BCUT2D eigenvalue weighted by Gasteiger charge is -2.05. The van der Waals surface area contributed by atoms with Crippen molar-refractivity contribution < 1.29 is 14.6 Å². The van der Waals surface area contributed by atoms with Crippen LogP contribution in [0.15, 0.2) is 0 Å². The Morgan fingerprint density at radius 3 is 2.92 bits per heavy atom. The Hall–Kier alpha value is -1.08. The van der Waals surface area contributed by atoms with Crippen molar-refractivity contribution in [1.82, 2.24) is 0 Å². The molecule has 0 radical (unpaired) electrons. The van der Waals surface area contributed by atoms with Crippen molar-refractivity contribution >= 4 is 5.97 Å². The van der Waals surface area contributed by atoms with Crippen molar-refractivity contribution in [3.05, 3.63) is 0 Å². The van der Waals surface area contributed by atoms with Gasteiger partial charge in [0, 0.05) is 12.5 Å². The summed E-state index contributed by atoms with van der Waals surface area (Å²) in [5.41, 5.74) is -1.04. The van der Waals surface area contributed by atoms with E-state index >= 15 is 0 Å². The maximum atomic E-state index is 11.2. The molecule has 0 aliphatic heterocycles. The predicted octanol–water partition coefficient (Wildman–Crippen LogP) is 0.0717. The number of carbonyl (C=O) groups excluding carboxylic acids is 1. The first-order valence-corrected chi connectivity index (χ1v) is 3.90. The normalized spacial score (nSPS) is 32.2. The summed E-state index contributed by atoms with van der Waals surface area (Å²) < 4.78 is 4.72. The van der Waals surface area contributed by atoms with Gasteiger partial charge in [0.15, 0.2) is 5.41 Å². The lowest BCUT2D eigenvalue weighted by atomic mass is 10.1. The Kier molecular flexibility index (Phi) is 2.34. The number of aliphatic hydroxyl groups is 1. The smallest absolute Gasteiger partial charge is 0.326 e. The molecule has 1 fully saturated rings. The van der Waals surface area contributed by atoms with Gasteiger partial charge in [0.25, 0.3) is 0 Å². The fraction of sp³-hybridized carbons (Fsp3) is 0.750. The molecule has 4 nitrogen and oxygen atoms in total. The zero-order valence-electron chi connectivity index (χ0n) is 6.91. The van der Waals surface area contributed by atoms with Gasteiger partial charge >= 0.3 is 5.97 Å². The zero-order chi connectivity index (χ0) is 9.19. The number of ether oxygens (including phenoxy) is 1. The molecule has 4 heteroatoms. The van der Waals surface area contributed by atoms with Crippen LogP contribution in [0.4, 0.5) is 0 Å². The van der Waals surface area contributed by atoms with Crippen LogP contribution in [0.5, 0.6) is 0 Å². The summed E-state index contributed by atoms with van der Waals surface area (Å²) in [5.74, 6) is -0.715. The van der Waals surface area contributed by atoms with Gasteiger partial charge in [0.2, 0.25) is 0 Å². The van der Waals surface area contributed by atoms with Crippen LogP contribution in [-0.2, 0) is 9.53 Å². The molecule has 1 N–H and O–H groups in total. The quantitative estimate of drug-likeness (QED) is 0.607. The third-order valence-electron chi connectivity index (χ3n) is 2.16. The van der Waals surface area contributed by atoms with E-state index in [1.807, 2.05) is 6.07 Å². The van der Waals surface area contributed by atoms with Gasteiger partial charge in [-0.3, -0.25) is 4.79 Å². The van der Waals surface area contributed by atoms with E-state index in [1.165, 1.54) is 0 Å². The third kappa shape index (κ3) is 1.16. The lowest BCUT2D eigenvalue weighted by Crippen LogP contribution is -2.20. The second-order valence-electron chi connectivity index (χ2n) is 2.89. The molecule has 0 aromatic carbocycles. The van der Waals surface area contributed by atoms with Crippen molar-refractivity contribution in [3.63, 3.8) is 0 Å². The maximum Gasteiger partial charge on any atom is 0.326 e. The summed E-state index contributed by atoms with van der Waals surface area (Å²) in [6.45, 7) is 1.85. The molecule has 1 saturated carbocycles. The molecule has 0 aromatic rings. The number of carbonyl (C=O) groups is 1. The van der Waals surface area contributed by atoms with Gasteiger partial charge in [-0.2, -0.15) is 5.26 Å². The van der Waals surface area contributed by atoms with Crippen molar-refractivity contribution in [2.24, 2.45) is 11.3 Å². The summed E-state index contributed by atoms with van der Waals surface area (Å²) in [7, 11) is 0. The molecular weight excluding hydrogens is 158 g/mol. The van der Waals surface area contributed by atoms with E-state index in [2.05, 4.69) is 0 Å². The minimum atomic E-state index is -1.04. The van der Waals surface area contributed by atoms with Gasteiger partial charge in [-0.25, -0.2) is 0 Å². The fourth-order valence-electron chi connectivity index (χ4n) is 1.24. The summed E-state index contributed by atoms with van der Waals surface area (Å²) in [5, 5.41) is 17.4. The Labute approximate surface area is 70.7 Å². The average Bonchev–Trinajstić information content (AvgIpc) is 2.80. The third-order valence-corrected chi connectivity index (χ3v) is 2.16. The Balaban J connectivity index is 2.61. The summed E-state index contributed by atoms with van der Waals surface area (Å²) in [6.07, 6.45) is 0.429. The monoisotopic (exact) mass is 169 g/mol. The number of hydrogen-bond acceptors (Lipinski definition) is 4. The largest absolute Gasteiger partial charge is 0.465 e. The van der Waals surface area contributed by atoms with Crippen LogP contribution in [0.1, 0.15) is 13.3 Å². The van der Waals surface area contributed by atoms with Crippen molar-refractivity contribution in [2.45, 2.75) is 13.3 Å². The Bertz CT molecular complexity index is 233. The van der Waals surface area contributed by atoms with Crippen LogP contribution in [0.3, 0.4) is 0 Å². The first kappa shape index (κ1) is 9.01. The van der Waals surface area contributed by atoms with Crippen molar-refractivity contribution in [3.8, 4) is 6.07 Å². The number of nitrogens with zero attached hydrogens (tertiary/aromatic N) is 1. The number of nitriles is 1. The van der Waals surface area contributed by atoms with Crippen molar-refractivity contribution in [1.29, 1.82) is 5.26 Å². The average molecular weight is 169 g/mol. The van der Waals surface area contributed by atoms with E-state index in [1.54, 1.807) is 6.92 Å². The van der Waals surface area contributed by atoms with E-state index in [4.69, 9.17) is 15.1 Å². The van der Waals surface area contributed by atoms with E-state index in [0.717, 1.165) is 0 Å². The molecular formula is C8H11NO3. The highest BCUT2D eigenvalue weighted by molar-refractivity contribution is 5.84. The predicted molar refractivity (Wildman–Crippen MR) is 39.9 cm³/mol. The van der Waals surface area contributed by atoms with Gasteiger partial charge in [0.05, 0.1) is 12.7 Å². The van der Waals surface area contributed by atoms with Crippen molar-refractivity contribution in [2.75, 3.05) is 13.2 Å². The number of rotatable bonds is 3. The van der Waals surface area contributed by atoms with E-state index in [-0.39, 0.29) is 19.1 Å². The van der Waals surface area contributed by atoms with Gasteiger partial charge in [-0.1, -0.05) is 0 Å². The molecule has 0 amide bonds. The van der Waals surface area contributed by atoms with Crippen LogP contribution < -0.4 is 0 Å². The second-order valence-corrected chi connectivity index (χ2v) is 2.89. The molecule has 1 rings (SSSR count). The molecule has 12 heavy (non-hydrogen) atoms. The van der Waals surface area contributed by atoms with Gasteiger partial charge in [0.1, 0.15) is 0 Å². The topological polar surface area (TPSA) is 70.3 Å². The number of hydrogen-bond donors (Lipinski definition) is 1. The molecule has 0 aromatic heterocycles. The minimum absolute atomic E-state index is 0.119. The van der Waals surface area contributed by atoms with Crippen LogP contribution in [0, 0.1) is 22.7 Å². The zero-order valence-corrected chi connectivity index (χ0v) is 6.91. The highest BCUT2D eigenvalue weighted by atomic mass is 16.5. The van der Waals surface area contributed by atoms with Gasteiger partial charge < -0.3 is 9.84 Å². The van der Waals surface area contributed by atoms with E-state index in [9.17, 15) is 4.79 Å². The Morgan fingerprint density at radius 1 is 1.92 bits per heavy atom. The first-order valence-electron chi connectivity index (χ1n) is 3.90. The van der Waals surface area contributed by atoms with E-state index in [0.29, 0.717) is 6.42 Å². The highest BCUT2D eigenvalue weighted by Gasteiger charge is 2.62. The minimum Gasteiger partial charge on any atom is -0.465 e. The molecule has 66 valence electrons. The molecule has 2 unspecified atom stereocenters. The molecule has 0 spiro atoms. The SMILES string of the molecule is CCOC(=O)C1(C#N)CC1CO. The van der Waals surface area contributed by atoms with Crippen LogP contribution in [-0.4, -0.2) is 24.3 Å². The van der Waals surface area contributed by atoms with Crippen LogP contribution >= 0.6 is 0 Å². The summed E-state index contributed by atoms with van der Waals surface area (Å²) in [4.78, 5) is 11.2. The highest BCUT2D eigenvalue weighted by Crippen LogP contribution is 2.52. The van der Waals surface area contributed by atoms with Gasteiger partial charge in [-0.05, 0) is 13.3 Å². The van der Waals surface area contributed by atoms with E-state index < -0.39 is 11.4 Å². The molecule has 1 aliphatic carbocycles. The molecule has 0 heterocycles. The second kappa shape index (κ2) is 3.11.